The van der Waals surface area contributed by atoms with Gasteiger partial charge >= 0.3 is 5.97 Å². The molecule has 1 aliphatic heterocycles. The summed E-state index contributed by atoms with van der Waals surface area (Å²) in [4.78, 5) is 11.3. The third kappa shape index (κ3) is 2.51. The SMILES string of the molecule is COC(=O)c1sccc1S(=O)(=O)N1C[C@@H](O)[C@@H](O)C1. The normalized spacial score (nSPS) is 24.6. The van der Waals surface area contributed by atoms with Crippen molar-refractivity contribution in [3.05, 3.63) is 16.3 Å². The van der Waals surface area contributed by atoms with E-state index >= 15 is 0 Å². The molecule has 2 N–H and O–H groups in total. The minimum absolute atomic E-state index is 0.0154. The predicted octanol–water partition coefficient (Wildman–Crippen LogP) is -0.739. The van der Waals surface area contributed by atoms with Crippen molar-refractivity contribution in [2.75, 3.05) is 20.2 Å². The highest BCUT2D eigenvalue weighted by Gasteiger charge is 2.39. The average Bonchev–Trinajstić information content (AvgIpc) is 2.97. The molecule has 0 aliphatic carbocycles. The van der Waals surface area contributed by atoms with Crippen molar-refractivity contribution >= 4 is 27.3 Å². The van der Waals surface area contributed by atoms with E-state index in [1.54, 1.807) is 0 Å². The fourth-order valence-corrected chi connectivity index (χ4v) is 4.60. The number of hydrogen-bond acceptors (Lipinski definition) is 7. The van der Waals surface area contributed by atoms with Gasteiger partial charge in [0.2, 0.25) is 10.0 Å². The number of nitrogens with zero attached hydrogens (tertiary/aromatic N) is 1. The summed E-state index contributed by atoms with van der Waals surface area (Å²) in [6.45, 7) is -0.389. The molecule has 1 fully saturated rings. The minimum atomic E-state index is -3.92. The van der Waals surface area contributed by atoms with E-state index in [2.05, 4.69) is 4.74 Å². The second-order valence-electron chi connectivity index (χ2n) is 4.06. The zero-order valence-corrected chi connectivity index (χ0v) is 11.6. The van der Waals surface area contributed by atoms with Crippen LogP contribution in [0.5, 0.6) is 0 Å². The number of hydrogen-bond donors (Lipinski definition) is 2. The fraction of sp³-hybridized carbons (Fsp3) is 0.500. The molecule has 7 nitrogen and oxygen atoms in total. The molecule has 1 aromatic rings. The summed E-state index contributed by atoms with van der Waals surface area (Å²) in [6, 6.07) is 1.31. The summed E-state index contributed by atoms with van der Waals surface area (Å²) in [7, 11) is -2.76. The molecule has 19 heavy (non-hydrogen) atoms. The lowest BCUT2D eigenvalue weighted by atomic mass is 10.3. The first-order chi connectivity index (χ1) is 8.87. The van der Waals surface area contributed by atoms with E-state index in [9.17, 15) is 23.4 Å². The van der Waals surface area contributed by atoms with E-state index in [1.807, 2.05) is 0 Å². The van der Waals surface area contributed by atoms with Crippen molar-refractivity contribution in [2.45, 2.75) is 17.1 Å². The molecular formula is C10H13NO6S2. The van der Waals surface area contributed by atoms with Crippen LogP contribution in [0.25, 0.3) is 0 Å². The van der Waals surface area contributed by atoms with Crippen molar-refractivity contribution in [1.29, 1.82) is 0 Å². The van der Waals surface area contributed by atoms with E-state index in [-0.39, 0.29) is 22.9 Å². The van der Waals surface area contributed by atoms with Gasteiger partial charge in [0.1, 0.15) is 9.77 Å². The second kappa shape index (κ2) is 5.17. The van der Waals surface area contributed by atoms with Crippen molar-refractivity contribution in [3.8, 4) is 0 Å². The Bertz CT molecular complexity index is 571. The molecule has 106 valence electrons. The van der Waals surface area contributed by atoms with Gasteiger partial charge in [0, 0.05) is 13.1 Å². The molecule has 1 aromatic heterocycles. The summed E-state index contributed by atoms with van der Waals surface area (Å²) in [6.07, 6.45) is -2.23. The van der Waals surface area contributed by atoms with Gasteiger partial charge in [-0.05, 0) is 11.4 Å². The van der Waals surface area contributed by atoms with Crippen LogP contribution >= 0.6 is 11.3 Å². The molecule has 2 atom stereocenters. The standard InChI is InChI=1S/C10H13NO6S2/c1-17-10(14)9-8(2-3-18-9)19(15,16)11-4-6(12)7(13)5-11/h2-3,6-7,12-13H,4-5H2,1H3/t6-,7+. The number of ether oxygens (including phenoxy) is 1. The Morgan fingerprint density at radius 3 is 2.53 bits per heavy atom. The molecule has 0 radical (unpaired) electrons. The Morgan fingerprint density at radius 1 is 1.42 bits per heavy atom. The Morgan fingerprint density at radius 2 is 2.00 bits per heavy atom. The van der Waals surface area contributed by atoms with Crippen LogP contribution in [0.3, 0.4) is 0 Å². The van der Waals surface area contributed by atoms with Crippen molar-refractivity contribution < 1.29 is 28.2 Å². The van der Waals surface area contributed by atoms with E-state index in [4.69, 9.17) is 0 Å². The lowest BCUT2D eigenvalue weighted by Gasteiger charge is -2.15. The highest BCUT2D eigenvalue weighted by Crippen LogP contribution is 2.28. The number of sulfonamides is 1. The minimum Gasteiger partial charge on any atom is -0.465 e. The van der Waals surface area contributed by atoms with Crippen LogP contribution < -0.4 is 0 Å². The Labute approximate surface area is 114 Å². The second-order valence-corrected chi connectivity index (χ2v) is 6.88. The smallest absolute Gasteiger partial charge is 0.349 e. The number of aliphatic hydroxyl groups is 2. The molecule has 1 saturated heterocycles. The maximum Gasteiger partial charge on any atom is 0.349 e. The largest absolute Gasteiger partial charge is 0.465 e. The number of carbonyl (C=O) groups is 1. The lowest BCUT2D eigenvalue weighted by Crippen LogP contribution is -2.30. The molecule has 0 spiro atoms. The van der Waals surface area contributed by atoms with Crippen LogP contribution in [-0.2, 0) is 14.8 Å². The molecule has 2 heterocycles. The molecule has 0 amide bonds. The van der Waals surface area contributed by atoms with Crippen LogP contribution in [0.2, 0.25) is 0 Å². The first-order valence-electron chi connectivity index (χ1n) is 5.40. The van der Waals surface area contributed by atoms with E-state index in [1.165, 1.54) is 18.6 Å². The van der Waals surface area contributed by atoms with Gasteiger partial charge in [0.25, 0.3) is 0 Å². The third-order valence-electron chi connectivity index (χ3n) is 2.84. The summed E-state index contributed by atoms with van der Waals surface area (Å²) in [5, 5.41) is 20.3. The van der Waals surface area contributed by atoms with Gasteiger partial charge in [-0.15, -0.1) is 11.3 Å². The lowest BCUT2D eigenvalue weighted by molar-refractivity contribution is 0.0572. The number of carbonyl (C=O) groups excluding carboxylic acids is 1. The van der Waals surface area contributed by atoms with Crippen LogP contribution in [0.15, 0.2) is 16.3 Å². The van der Waals surface area contributed by atoms with Crippen molar-refractivity contribution in [1.82, 2.24) is 4.31 Å². The number of thiophene rings is 1. The van der Waals surface area contributed by atoms with Crippen molar-refractivity contribution in [2.24, 2.45) is 0 Å². The Balaban J connectivity index is 2.36. The number of rotatable bonds is 3. The molecule has 1 aliphatic rings. The van der Waals surface area contributed by atoms with E-state index < -0.39 is 28.2 Å². The maximum atomic E-state index is 12.3. The fourth-order valence-electron chi connectivity index (χ4n) is 1.81. The van der Waals surface area contributed by atoms with Gasteiger partial charge in [-0.3, -0.25) is 0 Å². The van der Waals surface area contributed by atoms with Gasteiger partial charge < -0.3 is 14.9 Å². The van der Waals surface area contributed by atoms with Crippen LogP contribution in [0.4, 0.5) is 0 Å². The first-order valence-corrected chi connectivity index (χ1v) is 7.72. The monoisotopic (exact) mass is 307 g/mol. The molecule has 0 bridgehead atoms. The number of esters is 1. The highest BCUT2D eigenvalue weighted by molar-refractivity contribution is 7.89. The summed E-state index contributed by atoms with van der Waals surface area (Å²) in [5.41, 5.74) is 0. The van der Waals surface area contributed by atoms with Crippen LogP contribution in [0, 0.1) is 0 Å². The van der Waals surface area contributed by atoms with Gasteiger partial charge in [-0.1, -0.05) is 0 Å². The highest BCUT2D eigenvalue weighted by atomic mass is 32.2. The van der Waals surface area contributed by atoms with Crippen LogP contribution in [-0.4, -0.2) is 61.3 Å². The molecular weight excluding hydrogens is 294 g/mol. The topological polar surface area (TPSA) is 104 Å². The Hall–Kier alpha value is -1.00. The molecule has 2 rings (SSSR count). The zero-order chi connectivity index (χ0) is 14.2. The molecule has 9 heteroatoms. The van der Waals surface area contributed by atoms with E-state index in [0.29, 0.717) is 0 Å². The average molecular weight is 307 g/mol. The first kappa shape index (κ1) is 14.4. The molecule has 0 aromatic carbocycles. The van der Waals surface area contributed by atoms with Gasteiger partial charge in [0.15, 0.2) is 0 Å². The summed E-state index contributed by atoms with van der Waals surface area (Å²) in [5.74, 6) is -0.728. The van der Waals surface area contributed by atoms with Gasteiger partial charge in [-0.25, -0.2) is 13.2 Å². The maximum absolute atomic E-state index is 12.3. The quantitative estimate of drug-likeness (QED) is 0.713. The number of β-amino-alcohol motifs (C(OH)–C–C–N with tert-alkyl or cyclic N) is 2. The molecule has 0 unspecified atom stereocenters. The predicted molar refractivity (Wildman–Crippen MR) is 66.4 cm³/mol. The summed E-state index contributed by atoms with van der Waals surface area (Å²) >= 11 is 0.964. The summed E-state index contributed by atoms with van der Waals surface area (Å²) < 4.78 is 30.1. The Kier molecular flexibility index (Phi) is 3.92. The van der Waals surface area contributed by atoms with Crippen molar-refractivity contribution in [3.63, 3.8) is 0 Å². The van der Waals surface area contributed by atoms with Crippen LogP contribution in [0.1, 0.15) is 9.67 Å². The van der Waals surface area contributed by atoms with E-state index in [0.717, 1.165) is 15.6 Å². The zero-order valence-electron chi connectivity index (χ0n) is 10.0. The number of aliphatic hydroxyl groups excluding tert-OH is 2. The van der Waals surface area contributed by atoms with Gasteiger partial charge in [-0.2, -0.15) is 4.31 Å². The van der Waals surface area contributed by atoms with Gasteiger partial charge in [0.05, 0.1) is 19.3 Å². The molecule has 0 saturated carbocycles. The number of methoxy groups -OCH3 is 1. The third-order valence-corrected chi connectivity index (χ3v) is 5.74.